The average molecular weight is 288 g/mol. The standard InChI is InChI=1S/C14H14ClN5/c1-2-7-16-14-17-8-10(15)13(19-14)20-9-18-11-5-3-4-6-12(11)20/h2-6,8-9,14,16-17H,1,7H2. The molecule has 102 valence electrons. The number of aliphatic imine (C=N–C) groups is 1. The van der Waals surface area contributed by atoms with Gasteiger partial charge in [-0.3, -0.25) is 9.88 Å². The van der Waals surface area contributed by atoms with Crippen molar-refractivity contribution in [1.82, 2.24) is 20.2 Å². The number of fused-ring (bicyclic) bond motifs is 1. The normalized spacial score (nSPS) is 18.4. The number of allylic oxidation sites excluding steroid dienone is 1. The first kappa shape index (κ1) is 12.9. The van der Waals surface area contributed by atoms with Gasteiger partial charge < -0.3 is 5.32 Å². The number of halogens is 1. The smallest absolute Gasteiger partial charge is 0.176 e. The van der Waals surface area contributed by atoms with Gasteiger partial charge in [0.2, 0.25) is 0 Å². The van der Waals surface area contributed by atoms with Crippen molar-refractivity contribution in [3.8, 4) is 0 Å². The Balaban J connectivity index is 2.00. The lowest BCUT2D eigenvalue weighted by Gasteiger charge is -2.21. The van der Waals surface area contributed by atoms with E-state index < -0.39 is 0 Å². The van der Waals surface area contributed by atoms with Gasteiger partial charge in [-0.2, -0.15) is 0 Å². The molecule has 0 fully saturated rings. The van der Waals surface area contributed by atoms with Crippen LogP contribution < -0.4 is 10.6 Å². The number of aromatic nitrogens is 2. The molecule has 0 saturated heterocycles. The van der Waals surface area contributed by atoms with Crippen LogP contribution in [0.1, 0.15) is 0 Å². The highest BCUT2D eigenvalue weighted by Gasteiger charge is 2.17. The topological polar surface area (TPSA) is 54.2 Å². The van der Waals surface area contributed by atoms with Crippen molar-refractivity contribution in [1.29, 1.82) is 0 Å². The van der Waals surface area contributed by atoms with E-state index in [1.165, 1.54) is 0 Å². The maximum Gasteiger partial charge on any atom is 0.176 e. The molecule has 1 aliphatic rings. The van der Waals surface area contributed by atoms with E-state index in [-0.39, 0.29) is 6.29 Å². The molecule has 1 atom stereocenters. The zero-order valence-corrected chi connectivity index (χ0v) is 11.5. The fraction of sp³-hybridized carbons (Fsp3) is 0.143. The first-order valence-electron chi connectivity index (χ1n) is 6.26. The van der Waals surface area contributed by atoms with Crippen LogP contribution >= 0.6 is 11.6 Å². The molecule has 20 heavy (non-hydrogen) atoms. The van der Waals surface area contributed by atoms with Gasteiger partial charge in [0.15, 0.2) is 12.1 Å². The van der Waals surface area contributed by atoms with E-state index in [9.17, 15) is 0 Å². The summed E-state index contributed by atoms with van der Waals surface area (Å²) in [7, 11) is 0. The second kappa shape index (κ2) is 5.48. The predicted molar refractivity (Wildman–Crippen MR) is 81.6 cm³/mol. The Morgan fingerprint density at radius 2 is 2.30 bits per heavy atom. The molecular weight excluding hydrogens is 274 g/mol. The Labute approximate surface area is 121 Å². The highest BCUT2D eigenvalue weighted by molar-refractivity contribution is 6.43. The van der Waals surface area contributed by atoms with Gasteiger partial charge in [0.05, 0.1) is 16.1 Å². The molecule has 0 bridgehead atoms. The molecule has 2 N–H and O–H groups in total. The van der Waals surface area contributed by atoms with Crippen LogP contribution in [0.5, 0.6) is 0 Å². The lowest BCUT2D eigenvalue weighted by Crippen LogP contribution is -2.42. The summed E-state index contributed by atoms with van der Waals surface area (Å²) in [6, 6.07) is 7.87. The van der Waals surface area contributed by atoms with Gasteiger partial charge in [-0.25, -0.2) is 9.98 Å². The third-order valence-electron chi connectivity index (χ3n) is 2.97. The van der Waals surface area contributed by atoms with Gasteiger partial charge in [-0.15, -0.1) is 6.58 Å². The molecule has 0 aliphatic carbocycles. The van der Waals surface area contributed by atoms with Crippen LogP contribution in [0.15, 0.2) is 59.5 Å². The van der Waals surface area contributed by atoms with E-state index in [1.54, 1.807) is 18.6 Å². The van der Waals surface area contributed by atoms with Crippen LogP contribution in [0.3, 0.4) is 0 Å². The first-order chi connectivity index (χ1) is 9.79. The fourth-order valence-electron chi connectivity index (χ4n) is 2.04. The molecule has 1 aromatic heterocycles. The van der Waals surface area contributed by atoms with E-state index in [0.29, 0.717) is 17.4 Å². The molecule has 1 aliphatic heterocycles. The van der Waals surface area contributed by atoms with Crippen LogP contribution in [0.25, 0.3) is 11.0 Å². The van der Waals surface area contributed by atoms with Crippen molar-refractivity contribution in [2.75, 3.05) is 6.54 Å². The van der Waals surface area contributed by atoms with Gasteiger partial charge >= 0.3 is 0 Å². The second-order valence-electron chi connectivity index (χ2n) is 4.31. The van der Waals surface area contributed by atoms with E-state index >= 15 is 0 Å². The number of nitrogens with one attached hydrogen (secondary N) is 2. The summed E-state index contributed by atoms with van der Waals surface area (Å²) in [5.74, 6) is 0.667. The lowest BCUT2D eigenvalue weighted by atomic mass is 10.3. The molecule has 0 amide bonds. The van der Waals surface area contributed by atoms with Crippen LogP contribution in [-0.4, -0.2) is 28.2 Å². The largest absolute Gasteiger partial charge is 0.356 e. The first-order valence-corrected chi connectivity index (χ1v) is 6.64. The van der Waals surface area contributed by atoms with Gasteiger partial charge in [0.1, 0.15) is 6.33 Å². The van der Waals surface area contributed by atoms with Crippen LogP contribution in [-0.2, 0) is 0 Å². The quantitative estimate of drug-likeness (QED) is 0.849. The third kappa shape index (κ3) is 2.33. The zero-order chi connectivity index (χ0) is 13.9. The molecule has 2 aromatic rings. The Hall–Kier alpha value is -2.11. The van der Waals surface area contributed by atoms with E-state index in [2.05, 4.69) is 27.2 Å². The summed E-state index contributed by atoms with van der Waals surface area (Å²) in [6.45, 7) is 4.33. The molecule has 2 heterocycles. The van der Waals surface area contributed by atoms with Crippen molar-refractivity contribution >= 4 is 28.5 Å². The highest BCUT2D eigenvalue weighted by atomic mass is 35.5. The fourth-order valence-corrected chi connectivity index (χ4v) is 2.25. The number of benzene rings is 1. The molecule has 1 aromatic carbocycles. The van der Waals surface area contributed by atoms with Crippen LogP contribution in [0.4, 0.5) is 0 Å². The minimum Gasteiger partial charge on any atom is -0.356 e. The van der Waals surface area contributed by atoms with Crippen LogP contribution in [0, 0.1) is 0 Å². The Kier molecular flexibility index (Phi) is 3.54. The monoisotopic (exact) mass is 287 g/mol. The van der Waals surface area contributed by atoms with Gasteiger partial charge in [0.25, 0.3) is 0 Å². The molecule has 6 heteroatoms. The van der Waals surface area contributed by atoms with Crippen molar-refractivity contribution in [3.05, 3.63) is 54.5 Å². The van der Waals surface area contributed by atoms with E-state index in [1.807, 2.05) is 28.8 Å². The summed E-state index contributed by atoms with van der Waals surface area (Å²) in [5, 5.41) is 6.79. The summed E-state index contributed by atoms with van der Waals surface area (Å²) in [4.78, 5) is 8.92. The Bertz CT molecular complexity index is 700. The third-order valence-corrected chi connectivity index (χ3v) is 3.25. The predicted octanol–water partition coefficient (Wildman–Crippen LogP) is 2.03. The number of para-hydroxylation sites is 2. The number of imidazole rings is 1. The maximum absolute atomic E-state index is 6.25. The number of hydrogen-bond acceptors (Lipinski definition) is 4. The molecular formula is C14H14ClN5. The molecule has 0 radical (unpaired) electrons. The SMILES string of the molecule is C=CCNC1N=C(n2cnc3ccccc32)C(Cl)=CN1. The van der Waals surface area contributed by atoms with Crippen molar-refractivity contribution in [2.45, 2.75) is 6.29 Å². The molecule has 1 unspecified atom stereocenters. The lowest BCUT2D eigenvalue weighted by molar-refractivity contribution is 0.508. The van der Waals surface area contributed by atoms with Crippen molar-refractivity contribution < 1.29 is 0 Å². The van der Waals surface area contributed by atoms with Crippen molar-refractivity contribution in [3.63, 3.8) is 0 Å². The van der Waals surface area contributed by atoms with Crippen molar-refractivity contribution in [2.24, 2.45) is 4.99 Å². The minimum absolute atomic E-state index is 0.230. The molecule has 3 rings (SSSR count). The summed E-state index contributed by atoms with van der Waals surface area (Å²) < 4.78 is 1.89. The minimum atomic E-state index is -0.230. The maximum atomic E-state index is 6.25. The highest BCUT2D eigenvalue weighted by Crippen LogP contribution is 2.17. The Morgan fingerprint density at radius 3 is 3.15 bits per heavy atom. The van der Waals surface area contributed by atoms with E-state index in [0.717, 1.165) is 11.0 Å². The zero-order valence-electron chi connectivity index (χ0n) is 10.8. The van der Waals surface area contributed by atoms with Gasteiger partial charge in [-0.05, 0) is 12.1 Å². The summed E-state index contributed by atoms with van der Waals surface area (Å²) in [6.07, 6.45) is 5.02. The molecule has 5 nitrogen and oxygen atoms in total. The Morgan fingerprint density at radius 1 is 1.45 bits per heavy atom. The average Bonchev–Trinajstić information content (AvgIpc) is 2.90. The van der Waals surface area contributed by atoms with Gasteiger partial charge in [0, 0.05) is 12.7 Å². The van der Waals surface area contributed by atoms with Gasteiger partial charge in [-0.1, -0.05) is 29.8 Å². The van der Waals surface area contributed by atoms with Crippen LogP contribution in [0.2, 0.25) is 0 Å². The summed E-state index contributed by atoms with van der Waals surface area (Å²) in [5.41, 5.74) is 1.89. The number of rotatable bonds is 3. The molecule has 0 saturated carbocycles. The number of hydrogen-bond donors (Lipinski definition) is 2. The summed E-state index contributed by atoms with van der Waals surface area (Å²) >= 11 is 6.25. The second-order valence-corrected chi connectivity index (χ2v) is 4.72. The number of nitrogens with zero attached hydrogens (tertiary/aromatic N) is 3. The van der Waals surface area contributed by atoms with E-state index in [4.69, 9.17) is 11.6 Å². The molecule has 0 spiro atoms.